The Hall–Kier alpha value is -1.48. The van der Waals surface area contributed by atoms with Crippen molar-refractivity contribution >= 4 is 0 Å². The molecule has 0 saturated heterocycles. The van der Waals surface area contributed by atoms with Gasteiger partial charge in [0.2, 0.25) is 0 Å². The molecule has 0 unspecified atom stereocenters. The molecule has 16 heavy (non-hydrogen) atoms. The van der Waals surface area contributed by atoms with Gasteiger partial charge < -0.3 is 14.6 Å². The van der Waals surface area contributed by atoms with Gasteiger partial charge in [-0.3, -0.25) is 0 Å². The summed E-state index contributed by atoms with van der Waals surface area (Å²) in [5.74, 6) is 1.37. The molecule has 0 saturated carbocycles. The van der Waals surface area contributed by atoms with Gasteiger partial charge >= 0.3 is 0 Å². The summed E-state index contributed by atoms with van der Waals surface area (Å²) in [4.78, 5) is 0. The molecule has 88 valence electrons. The minimum absolute atomic E-state index is 0.00696. The molecule has 1 N–H and O–H groups in total. The Morgan fingerprint density at radius 1 is 1.38 bits per heavy atom. The minimum atomic E-state index is 0.00696. The summed E-state index contributed by atoms with van der Waals surface area (Å²) < 4.78 is 10.8. The van der Waals surface area contributed by atoms with Crippen molar-refractivity contribution in [2.45, 2.75) is 19.4 Å². The third-order valence-electron chi connectivity index (χ3n) is 2.22. The molecule has 1 aromatic carbocycles. The molecule has 0 atom stereocenters. The van der Waals surface area contributed by atoms with E-state index in [1.165, 1.54) is 0 Å². The van der Waals surface area contributed by atoms with E-state index in [4.69, 9.17) is 14.6 Å². The van der Waals surface area contributed by atoms with Crippen molar-refractivity contribution in [3.8, 4) is 11.5 Å². The summed E-state index contributed by atoms with van der Waals surface area (Å²) in [7, 11) is 1.60. The summed E-state index contributed by atoms with van der Waals surface area (Å²) >= 11 is 0. The van der Waals surface area contributed by atoms with Crippen molar-refractivity contribution in [2.75, 3.05) is 13.7 Å². The maximum atomic E-state index is 9.03. The fourth-order valence-corrected chi connectivity index (χ4v) is 1.34. The third kappa shape index (κ3) is 3.59. The number of ether oxygens (including phenoxy) is 2. The summed E-state index contributed by atoms with van der Waals surface area (Å²) in [5.41, 5.74) is 0.819. The topological polar surface area (TPSA) is 38.7 Å². The van der Waals surface area contributed by atoms with E-state index < -0.39 is 0 Å². The van der Waals surface area contributed by atoms with E-state index in [9.17, 15) is 0 Å². The standard InChI is InChI=1S/C13H18O3/c1-3-4-5-8-16-13-9-11(10-14)6-7-12(13)15-2/h3,6-7,9,14H,1,4-5,8,10H2,2H3. The lowest BCUT2D eigenvalue weighted by Gasteiger charge is -2.11. The molecule has 3 nitrogen and oxygen atoms in total. The van der Waals surface area contributed by atoms with Crippen LogP contribution in [0.5, 0.6) is 11.5 Å². The maximum Gasteiger partial charge on any atom is 0.161 e. The average molecular weight is 222 g/mol. The maximum absolute atomic E-state index is 9.03. The van der Waals surface area contributed by atoms with E-state index in [1.807, 2.05) is 12.1 Å². The number of allylic oxidation sites excluding steroid dienone is 1. The first-order valence-corrected chi connectivity index (χ1v) is 5.33. The Morgan fingerprint density at radius 3 is 2.81 bits per heavy atom. The monoisotopic (exact) mass is 222 g/mol. The highest BCUT2D eigenvalue weighted by molar-refractivity contribution is 5.42. The molecule has 0 radical (unpaired) electrons. The molecular weight excluding hydrogens is 204 g/mol. The Morgan fingerprint density at radius 2 is 2.19 bits per heavy atom. The van der Waals surface area contributed by atoms with Crippen LogP contribution < -0.4 is 9.47 Å². The van der Waals surface area contributed by atoms with E-state index in [0.717, 1.165) is 18.4 Å². The highest BCUT2D eigenvalue weighted by Gasteiger charge is 2.04. The summed E-state index contributed by atoms with van der Waals surface area (Å²) in [6.45, 7) is 4.28. The zero-order valence-electron chi connectivity index (χ0n) is 9.61. The van der Waals surface area contributed by atoms with Gasteiger partial charge in [-0.15, -0.1) is 6.58 Å². The van der Waals surface area contributed by atoms with Crippen LogP contribution in [0.25, 0.3) is 0 Å². The van der Waals surface area contributed by atoms with Crippen molar-refractivity contribution in [1.82, 2.24) is 0 Å². The van der Waals surface area contributed by atoms with Crippen molar-refractivity contribution in [1.29, 1.82) is 0 Å². The number of hydrogen-bond acceptors (Lipinski definition) is 3. The largest absolute Gasteiger partial charge is 0.493 e. The number of benzene rings is 1. The van der Waals surface area contributed by atoms with Crippen molar-refractivity contribution < 1.29 is 14.6 Å². The second kappa shape index (κ2) is 6.90. The van der Waals surface area contributed by atoms with E-state index in [0.29, 0.717) is 18.1 Å². The fourth-order valence-electron chi connectivity index (χ4n) is 1.34. The lowest BCUT2D eigenvalue weighted by atomic mass is 10.2. The Labute approximate surface area is 96.3 Å². The highest BCUT2D eigenvalue weighted by atomic mass is 16.5. The average Bonchev–Trinajstić information content (AvgIpc) is 2.34. The number of hydrogen-bond donors (Lipinski definition) is 1. The van der Waals surface area contributed by atoms with E-state index in [-0.39, 0.29) is 6.61 Å². The molecule has 0 fully saturated rings. The number of aliphatic hydroxyl groups excluding tert-OH is 1. The second-order valence-electron chi connectivity index (χ2n) is 3.42. The predicted octanol–water partition coefficient (Wildman–Crippen LogP) is 2.53. The van der Waals surface area contributed by atoms with Gasteiger partial charge in [0.15, 0.2) is 11.5 Å². The van der Waals surface area contributed by atoms with Crippen molar-refractivity contribution in [2.24, 2.45) is 0 Å². The summed E-state index contributed by atoms with van der Waals surface area (Å²) in [5, 5.41) is 9.03. The van der Waals surface area contributed by atoms with Gasteiger partial charge in [-0.25, -0.2) is 0 Å². The quantitative estimate of drug-likeness (QED) is 0.569. The highest BCUT2D eigenvalue weighted by Crippen LogP contribution is 2.28. The predicted molar refractivity (Wildman–Crippen MR) is 63.8 cm³/mol. The molecule has 0 spiro atoms. The normalized spacial score (nSPS) is 9.88. The SMILES string of the molecule is C=CCCCOc1cc(CO)ccc1OC. The first kappa shape index (κ1) is 12.6. The molecule has 3 heteroatoms. The fraction of sp³-hybridized carbons (Fsp3) is 0.385. The van der Waals surface area contributed by atoms with Gasteiger partial charge in [0.05, 0.1) is 20.3 Å². The molecule has 0 amide bonds. The van der Waals surface area contributed by atoms with E-state index >= 15 is 0 Å². The van der Waals surface area contributed by atoms with Crippen molar-refractivity contribution in [3.63, 3.8) is 0 Å². The first-order chi connectivity index (χ1) is 7.81. The molecule has 0 aliphatic heterocycles. The van der Waals surface area contributed by atoms with Crippen LogP contribution in [0.1, 0.15) is 18.4 Å². The lowest BCUT2D eigenvalue weighted by molar-refractivity contribution is 0.274. The number of aliphatic hydroxyl groups is 1. The molecule has 0 bridgehead atoms. The zero-order chi connectivity index (χ0) is 11.8. The van der Waals surface area contributed by atoms with Crippen LogP contribution in [0.15, 0.2) is 30.9 Å². The van der Waals surface area contributed by atoms with E-state index in [2.05, 4.69) is 6.58 Å². The van der Waals surface area contributed by atoms with Crippen LogP contribution in [0.4, 0.5) is 0 Å². The van der Waals surface area contributed by atoms with E-state index in [1.54, 1.807) is 19.2 Å². The van der Waals surface area contributed by atoms with Gasteiger partial charge in [0.1, 0.15) is 0 Å². The zero-order valence-corrected chi connectivity index (χ0v) is 9.61. The van der Waals surface area contributed by atoms with Crippen LogP contribution in [-0.2, 0) is 6.61 Å². The van der Waals surface area contributed by atoms with Crippen LogP contribution >= 0.6 is 0 Å². The Bertz CT molecular complexity index is 334. The molecule has 0 aliphatic rings. The molecule has 1 aromatic rings. The molecule has 0 aliphatic carbocycles. The smallest absolute Gasteiger partial charge is 0.161 e. The van der Waals surface area contributed by atoms with Crippen LogP contribution in [0.2, 0.25) is 0 Å². The Kier molecular flexibility index (Phi) is 5.43. The summed E-state index contributed by atoms with van der Waals surface area (Å²) in [6.07, 6.45) is 3.72. The van der Waals surface area contributed by atoms with Crippen LogP contribution in [0.3, 0.4) is 0 Å². The van der Waals surface area contributed by atoms with Gasteiger partial charge in [0.25, 0.3) is 0 Å². The number of rotatable bonds is 7. The number of unbranched alkanes of at least 4 members (excludes halogenated alkanes) is 1. The van der Waals surface area contributed by atoms with Crippen LogP contribution in [-0.4, -0.2) is 18.8 Å². The van der Waals surface area contributed by atoms with Gasteiger partial charge in [0, 0.05) is 0 Å². The second-order valence-corrected chi connectivity index (χ2v) is 3.42. The van der Waals surface area contributed by atoms with Crippen molar-refractivity contribution in [3.05, 3.63) is 36.4 Å². The summed E-state index contributed by atoms with van der Waals surface area (Å²) in [6, 6.07) is 5.41. The molecule has 0 aromatic heterocycles. The van der Waals surface area contributed by atoms with Gasteiger partial charge in [-0.1, -0.05) is 12.1 Å². The molecule has 0 heterocycles. The Balaban J connectivity index is 2.63. The number of methoxy groups -OCH3 is 1. The third-order valence-corrected chi connectivity index (χ3v) is 2.22. The minimum Gasteiger partial charge on any atom is -0.493 e. The van der Waals surface area contributed by atoms with Crippen LogP contribution in [0, 0.1) is 0 Å². The van der Waals surface area contributed by atoms with Gasteiger partial charge in [-0.2, -0.15) is 0 Å². The molecular formula is C13H18O3. The molecule has 1 rings (SSSR count). The first-order valence-electron chi connectivity index (χ1n) is 5.33. The van der Waals surface area contributed by atoms with Gasteiger partial charge in [-0.05, 0) is 30.5 Å². The lowest BCUT2D eigenvalue weighted by Crippen LogP contribution is -1.99.